The summed E-state index contributed by atoms with van der Waals surface area (Å²) >= 11 is 0. The Morgan fingerprint density at radius 1 is 1.45 bits per heavy atom. The summed E-state index contributed by atoms with van der Waals surface area (Å²) in [6.45, 7) is 6.47. The Labute approximate surface area is 129 Å². The first kappa shape index (κ1) is 17.5. The maximum Gasteiger partial charge on any atom is 0.342 e. The van der Waals surface area contributed by atoms with Crippen LogP contribution < -0.4 is 5.32 Å². The highest BCUT2D eigenvalue weighted by atomic mass is 16.5. The van der Waals surface area contributed by atoms with Gasteiger partial charge in [-0.15, -0.1) is 0 Å². The van der Waals surface area contributed by atoms with Crippen LogP contribution >= 0.6 is 0 Å². The van der Waals surface area contributed by atoms with Gasteiger partial charge in [-0.25, -0.2) is 4.79 Å². The highest BCUT2D eigenvalue weighted by Crippen LogP contribution is 2.19. The third-order valence-electron chi connectivity index (χ3n) is 3.49. The Morgan fingerprint density at radius 3 is 2.59 bits per heavy atom. The predicted molar refractivity (Wildman–Crippen MR) is 80.1 cm³/mol. The van der Waals surface area contributed by atoms with Gasteiger partial charge in [0.1, 0.15) is 16.9 Å². The van der Waals surface area contributed by atoms with Crippen LogP contribution in [0, 0.1) is 24.2 Å². The minimum Gasteiger partial charge on any atom is -0.507 e. The number of nitrogens with zero attached hydrogens (tertiary/aromatic N) is 1. The number of benzene rings is 1. The number of rotatable bonds is 5. The summed E-state index contributed by atoms with van der Waals surface area (Å²) in [5, 5.41) is 21.3. The van der Waals surface area contributed by atoms with Gasteiger partial charge in [0, 0.05) is 0 Å². The van der Waals surface area contributed by atoms with Gasteiger partial charge in [-0.1, -0.05) is 19.9 Å². The first-order valence-electron chi connectivity index (χ1n) is 6.88. The van der Waals surface area contributed by atoms with E-state index in [1.165, 1.54) is 12.1 Å². The lowest BCUT2D eigenvalue weighted by atomic mass is 9.90. The molecule has 0 aliphatic carbocycles. The Bertz CT molecular complexity index is 619. The van der Waals surface area contributed by atoms with Crippen molar-refractivity contribution in [2.75, 3.05) is 6.61 Å². The number of nitriles is 1. The van der Waals surface area contributed by atoms with E-state index >= 15 is 0 Å². The van der Waals surface area contributed by atoms with Crippen LogP contribution in [-0.4, -0.2) is 29.1 Å². The molecule has 0 saturated carbocycles. The van der Waals surface area contributed by atoms with Crippen LogP contribution in [0.2, 0.25) is 0 Å². The van der Waals surface area contributed by atoms with Crippen LogP contribution in [0.15, 0.2) is 18.2 Å². The summed E-state index contributed by atoms with van der Waals surface area (Å²) in [5.74, 6) is -1.67. The Hall–Kier alpha value is -2.55. The largest absolute Gasteiger partial charge is 0.507 e. The van der Waals surface area contributed by atoms with Gasteiger partial charge in [0.2, 0.25) is 0 Å². The van der Waals surface area contributed by atoms with Gasteiger partial charge in [-0.05, 0) is 37.5 Å². The molecule has 0 fully saturated rings. The highest BCUT2D eigenvalue weighted by molar-refractivity contribution is 5.94. The molecule has 118 valence electrons. The van der Waals surface area contributed by atoms with Crippen LogP contribution in [0.25, 0.3) is 0 Å². The predicted octanol–water partition coefficient (Wildman–Crippen LogP) is 1.91. The molecule has 1 rings (SSSR count). The van der Waals surface area contributed by atoms with Crippen molar-refractivity contribution in [3.63, 3.8) is 0 Å². The van der Waals surface area contributed by atoms with Gasteiger partial charge in [0.25, 0.3) is 5.91 Å². The van der Waals surface area contributed by atoms with Gasteiger partial charge in [-0.2, -0.15) is 5.26 Å². The molecule has 0 saturated heterocycles. The fourth-order valence-corrected chi connectivity index (χ4v) is 1.65. The number of esters is 1. The molecular formula is C16H20N2O4. The van der Waals surface area contributed by atoms with E-state index in [1.807, 2.05) is 6.07 Å². The number of carbonyl (C=O) groups excluding carboxylic acids is 2. The molecular weight excluding hydrogens is 284 g/mol. The smallest absolute Gasteiger partial charge is 0.342 e. The molecule has 0 aromatic heterocycles. The molecule has 1 aromatic carbocycles. The maximum absolute atomic E-state index is 11.8. The SMILES string of the molecule is Cc1ccc(C(=O)OCC(=O)N[C@@](C)(C#N)C(C)C)c(O)c1. The standard InChI is InChI=1S/C16H20N2O4/c1-10(2)16(4,9-17)18-14(20)8-22-15(21)12-6-5-11(3)7-13(12)19/h5-7,10,19H,8H2,1-4H3,(H,18,20)/t16-/m0/s1. The van der Waals surface area contributed by atoms with Gasteiger partial charge in [0.15, 0.2) is 6.61 Å². The zero-order valence-corrected chi connectivity index (χ0v) is 13.1. The van der Waals surface area contributed by atoms with Gasteiger partial charge in [0.05, 0.1) is 6.07 Å². The van der Waals surface area contributed by atoms with E-state index in [4.69, 9.17) is 10.00 Å². The normalized spacial score (nSPS) is 13.1. The molecule has 0 aliphatic heterocycles. The van der Waals surface area contributed by atoms with Crippen LogP contribution in [0.5, 0.6) is 5.75 Å². The molecule has 0 bridgehead atoms. The molecule has 1 atom stereocenters. The number of phenolic OH excluding ortho intramolecular Hbond substituents is 1. The molecule has 1 aromatic rings. The number of hydrogen-bond donors (Lipinski definition) is 2. The molecule has 0 radical (unpaired) electrons. The summed E-state index contributed by atoms with van der Waals surface area (Å²) in [4.78, 5) is 23.6. The van der Waals surface area contributed by atoms with E-state index < -0.39 is 24.0 Å². The zero-order chi connectivity index (χ0) is 16.9. The third kappa shape index (κ3) is 4.22. The molecule has 0 aliphatic rings. The van der Waals surface area contributed by atoms with E-state index in [0.717, 1.165) is 5.56 Å². The van der Waals surface area contributed by atoms with E-state index in [1.54, 1.807) is 33.8 Å². The second kappa shape index (κ2) is 6.94. The number of phenols is 1. The van der Waals surface area contributed by atoms with Crippen molar-refractivity contribution >= 4 is 11.9 Å². The lowest BCUT2D eigenvalue weighted by molar-refractivity contribution is -0.125. The van der Waals surface area contributed by atoms with E-state index in [2.05, 4.69) is 5.32 Å². The second-order valence-electron chi connectivity index (χ2n) is 5.61. The molecule has 0 spiro atoms. The minimum atomic E-state index is -1.03. The summed E-state index contributed by atoms with van der Waals surface area (Å²) in [7, 11) is 0. The minimum absolute atomic E-state index is 0.00898. The zero-order valence-electron chi connectivity index (χ0n) is 13.1. The number of amides is 1. The molecule has 0 unspecified atom stereocenters. The molecule has 1 amide bonds. The van der Waals surface area contributed by atoms with Crippen molar-refractivity contribution in [3.05, 3.63) is 29.3 Å². The lowest BCUT2D eigenvalue weighted by Crippen LogP contribution is -2.50. The van der Waals surface area contributed by atoms with Crippen LogP contribution in [0.3, 0.4) is 0 Å². The van der Waals surface area contributed by atoms with Crippen LogP contribution in [0.1, 0.15) is 36.7 Å². The van der Waals surface area contributed by atoms with Crippen molar-refractivity contribution in [2.24, 2.45) is 5.92 Å². The number of aromatic hydroxyl groups is 1. The van der Waals surface area contributed by atoms with Crippen LogP contribution in [0.4, 0.5) is 0 Å². The Morgan fingerprint density at radius 2 is 2.09 bits per heavy atom. The second-order valence-corrected chi connectivity index (χ2v) is 5.61. The molecule has 2 N–H and O–H groups in total. The van der Waals surface area contributed by atoms with E-state index in [0.29, 0.717) is 0 Å². The number of nitrogens with one attached hydrogen (secondary N) is 1. The molecule has 6 nitrogen and oxygen atoms in total. The van der Waals surface area contributed by atoms with Gasteiger partial charge >= 0.3 is 5.97 Å². The van der Waals surface area contributed by atoms with Crippen molar-refractivity contribution in [2.45, 2.75) is 33.2 Å². The first-order valence-corrected chi connectivity index (χ1v) is 6.88. The monoisotopic (exact) mass is 304 g/mol. The van der Waals surface area contributed by atoms with Crippen molar-refractivity contribution in [3.8, 4) is 11.8 Å². The highest BCUT2D eigenvalue weighted by Gasteiger charge is 2.30. The molecule has 0 heterocycles. The van der Waals surface area contributed by atoms with Crippen molar-refractivity contribution in [1.29, 1.82) is 5.26 Å². The summed E-state index contributed by atoms with van der Waals surface area (Å²) in [6.07, 6.45) is 0. The lowest BCUT2D eigenvalue weighted by Gasteiger charge is -2.27. The van der Waals surface area contributed by atoms with Crippen molar-refractivity contribution in [1.82, 2.24) is 5.32 Å². The molecule has 22 heavy (non-hydrogen) atoms. The first-order chi connectivity index (χ1) is 10.2. The molecule has 6 heteroatoms. The topological polar surface area (TPSA) is 99.4 Å². The summed E-state index contributed by atoms with van der Waals surface area (Å²) < 4.78 is 4.86. The van der Waals surface area contributed by atoms with Crippen LogP contribution in [-0.2, 0) is 9.53 Å². The quantitative estimate of drug-likeness (QED) is 0.809. The fourth-order valence-electron chi connectivity index (χ4n) is 1.65. The number of aryl methyl sites for hydroxylation is 1. The van der Waals surface area contributed by atoms with E-state index in [-0.39, 0.29) is 17.2 Å². The average Bonchev–Trinajstić information content (AvgIpc) is 2.44. The Balaban J connectivity index is 2.65. The number of ether oxygens (including phenoxy) is 1. The summed E-state index contributed by atoms with van der Waals surface area (Å²) in [5.41, 5.74) is -0.242. The number of hydrogen-bond acceptors (Lipinski definition) is 5. The van der Waals surface area contributed by atoms with E-state index in [9.17, 15) is 14.7 Å². The third-order valence-corrected chi connectivity index (χ3v) is 3.49. The maximum atomic E-state index is 11.8. The average molecular weight is 304 g/mol. The number of carbonyl (C=O) groups is 2. The van der Waals surface area contributed by atoms with Gasteiger partial charge in [-0.3, -0.25) is 4.79 Å². The summed E-state index contributed by atoms with van der Waals surface area (Å²) in [6, 6.07) is 6.55. The Kier molecular flexibility index (Phi) is 5.52. The fraction of sp³-hybridized carbons (Fsp3) is 0.438. The van der Waals surface area contributed by atoms with Gasteiger partial charge < -0.3 is 15.2 Å². The van der Waals surface area contributed by atoms with Crippen molar-refractivity contribution < 1.29 is 19.4 Å².